The SMILES string of the molecule is c1cncc(CN2CC[C@@H]3[C@@H]2CCN3C2CCOC2)c1. The quantitative estimate of drug-likeness (QED) is 0.835. The standard InChI is InChI=1S/C16H23N3O/c1-2-13(10-17-6-1)11-18-7-3-16-15(18)4-8-19(16)14-5-9-20-12-14/h1-2,6,10,14-16H,3-5,7-9,11-12H2/t14?,15-,16+/m0/s1. The number of pyridine rings is 1. The van der Waals surface area contributed by atoms with Crippen molar-refractivity contribution in [3.8, 4) is 0 Å². The normalized spacial score (nSPS) is 34.7. The van der Waals surface area contributed by atoms with Gasteiger partial charge in [0, 0.05) is 56.8 Å². The Labute approximate surface area is 120 Å². The minimum atomic E-state index is 0.684. The van der Waals surface area contributed by atoms with Crippen molar-refractivity contribution in [3.05, 3.63) is 30.1 Å². The number of hydrogen-bond donors (Lipinski definition) is 0. The van der Waals surface area contributed by atoms with Crippen LogP contribution in [0.2, 0.25) is 0 Å². The molecule has 1 aromatic heterocycles. The van der Waals surface area contributed by atoms with Crippen LogP contribution in [0.5, 0.6) is 0 Å². The zero-order valence-electron chi connectivity index (χ0n) is 11.9. The molecule has 20 heavy (non-hydrogen) atoms. The summed E-state index contributed by atoms with van der Waals surface area (Å²) >= 11 is 0. The number of likely N-dealkylation sites (tertiary alicyclic amines) is 2. The average molecular weight is 273 g/mol. The van der Waals surface area contributed by atoms with E-state index in [1.165, 1.54) is 37.9 Å². The van der Waals surface area contributed by atoms with E-state index < -0.39 is 0 Å². The first-order valence-corrected chi connectivity index (χ1v) is 7.88. The summed E-state index contributed by atoms with van der Waals surface area (Å²) in [5.41, 5.74) is 1.34. The number of hydrogen-bond acceptors (Lipinski definition) is 4. The molecular weight excluding hydrogens is 250 g/mol. The number of rotatable bonds is 3. The molecule has 0 saturated carbocycles. The summed E-state index contributed by atoms with van der Waals surface area (Å²) < 4.78 is 5.58. The number of ether oxygens (including phenoxy) is 1. The molecule has 0 radical (unpaired) electrons. The van der Waals surface area contributed by atoms with Crippen molar-refractivity contribution in [2.45, 2.75) is 43.9 Å². The van der Waals surface area contributed by atoms with E-state index in [1.807, 2.05) is 18.5 Å². The van der Waals surface area contributed by atoms with Crippen LogP contribution < -0.4 is 0 Å². The highest BCUT2D eigenvalue weighted by molar-refractivity contribution is 5.10. The van der Waals surface area contributed by atoms with E-state index in [2.05, 4.69) is 20.9 Å². The number of nitrogens with zero attached hydrogens (tertiary/aromatic N) is 3. The fraction of sp³-hybridized carbons (Fsp3) is 0.688. The van der Waals surface area contributed by atoms with Crippen LogP contribution in [0, 0.1) is 0 Å². The lowest BCUT2D eigenvalue weighted by molar-refractivity contribution is 0.131. The van der Waals surface area contributed by atoms with Gasteiger partial charge in [0.1, 0.15) is 0 Å². The van der Waals surface area contributed by atoms with Crippen molar-refractivity contribution in [3.63, 3.8) is 0 Å². The fourth-order valence-corrected chi connectivity index (χ4v) is 4.27. The van der Waals surface area contributed by atoms with Gasteiger partial charge < -0.3 is 4.74 Å². The van der Waals surface area contributed by atoms with Gasteiger partial charge >= 0.3 is 0 Å². The number of aromatic nitrogens is 1. The van der Waals surface area contributed by atoms with Crippen LogP contribution in [0.4, 0.5) is 0 Å². The molecular formula is C16H23N3O. The summed E-state index contributed by atoms with van der Waals surface area (Å²) in [6.07, 6.45) is 7.73. The van der Waals surface area contributed by atoms with Gasteiger partial charge in [0.15, 0.2) is 0 Å². The first-order valence-electron chi connectivity index (χ1n) is 7.88. The largest absolute Gasteiger partial charge is 0.380 e. The third-order valence-electron chi connectivity index (χ3n) is 5.22. The van der Waals surface area contributed by atoms with Crippen molar-refractivity contribution in [1.82, 2.24) is 14.8 Å². The van der Waals surface area contributed by atoms with Crippen LogP contribution in [0.25, 0.3) is 0 Å². The van der Waals surface area contributed by atoms with E-state index in [4.69, 9.17) is 4.74 Å². The third kappa shape index (κ3) is 2.26. The Morgan fingerprint density at radius 2 is 2.15 bits per heavy atom. The maximum absolute atomic E-state index is 5.58. The zero-order valence-corrected chi connectivity index (χ0v) is 11.9. The average Bonchev–Trinajstić information content (AvgIpc) is 3.18. The fourth-order valence-electron chi connectivity index (χ4n) is 4.27. The molecule has 3 aliphatic rings. The molecule has 4 heteroatoms. The smallest absolute Gasteiger partial charge is 0.0622 e. The Morgan fingerprint density at radius 3 is 2.95 bits per heavy atom. The van der Waals surface area contributed by atoms with Gasteiger partial charge in [-0.3, -0.25) is 14.8 Å². The maximum Gasteiger partial charge on any atom is 0.0622 e. The van der Waals surface area contributed by atoms with E-state index in [0.717, 1.165) is 31.8 Å². The molecule has 0 N–H and O–H groups in total. The minimum absolute atomic E-state index is 0.684. The second-order valence-electron chi connectivity index (χ2n) is 6.30. The van der Waals surface area contributed by atoms with Crippen LogP contribution in [0.3, 0.4) is 0 Å². The first-order chi connectivity index (χ1) is 9.92. The van der Waals surface area contributed by atoms with Crippen LogP contribution in [0.1, 0.15) is 24.8 Å². The molecule has 3 fully saturated rings. The predicted octanol–water partition coefficient (Wildman–Crippen LogP) is 1.52. The Balaban J connectivity index is 1.43. The molecule has 1 unspecified atom stereocenters. The van der Waals surface area contributed by atoms with Crippen molar-refractivity contribution in [2.24, 2.45) is 0 Å². The highest BCUT2D eigenvalue weighted by Gasteiger charge is 2.45. The molecule has 108 valence electrons. The van der Waals surface area contributed by atoms with Gasteiger partial charge in [0.25, 0.3) is 0 Å². The second-order valence-corrected chi connectivity index (χ2v) is 6.30. The molecule has 3 aliphatic heterocycles. The summed E-state index contributed by atoms with van der Waals surface area (Å²) in [7, 11) is 0. The molecule has 0 spiro atoms. The molecule has 1 aromatic rings. The van der Waals surface area contributed by atoms with Gasteiger partial charge in [0.2, 0.25) is 0 Å². The third-order valence-corrected chi connectivity index (χ3v) is 5.22. The Morgan fingerprint density at radius 1 is 1.20 bits per heavy atom. The lowest BCUT2D eigenvalue weighted by Crippen LogP contribution is -2.42. The van der Waals surface area contributed by atoms with Gasteiger partial charge in [-0.2, -0.15) is 0 Å². The van der Waals surface area contributed by atoms with Gasteiger partial charge in [0.05, 0.1) is 6.61 Å². The summed E-state index contributed by atoms with van der Waals surface area (Å²) in [5.74, 6) is 0. The van der Waals surface area contributed by atoms with Crippen molar-refractivity contribution < 1.29 is 4.74 Å². The summed E-state index contributed by atoms with van der Waals surface area (Å²) in [4.78, 5) is 9.64. The minimum Gasteiger partial charge on any atom is -0.380 e. The van der Waals surface area contributed by atoms with Crippen LogP contribution in [-0.2, 0) is 11.3 Å². The van der Waals surface area contributed by atoms with Crippen LogP contribution in [-0.4, -0.2) is 59.2 Å². The Kier molecular flexibility index (Phi) is 3.46. The van der Waals surface area contributed by atoms with Crippen LogP contribution in [0.15, 0.2) is 24.5 Å². The second kappa shape index (κ2) is 5.43. The van der Waals surface area contributed by atoms with E-state index in [9.17, 15) is 0 Å². The molecule has 0 aromatic carbocycles. The van der Waals surface area contributed by atoms with E-state index in [0.29, 0.717) is 6.04 Å². The first kappa shape index (κ1) is 12.7. The summed E-state index contributed by atoms with van der Waals surface area (Å²) in [6.45, 7) is 5.45. The molecule has 4 rings (SSSR count). The van der Waals surface area contributed by atoms with E-state index in [-0.39, 0.29) is 0 Å². The maximum atomic E-state index is 5.58. The monoisotopic (exact) mass is 273 g/mol. The zero-order chi connectivity index (χ0) is 13.4. The topological polar surface area (TPSA) is 28.6 Å². The van der Waals surface area contributed by atoms with Crippen molar-refractivity contribution in [2.75, 3.05) is 26.3 Å². The predicted molar refractivity (Wildman–Crippen MR) is 77.4 cm³/mol. The summed E-state index contributed by atoms with van der Waals surface area (Å²) in [6, 6.07) is 6.43. The van der Waals surface area contributed by atoms with Crippen molar-refractivity contribution >= 4 is 0 Å². The van der Waals surface area contributed by atoms with E-state index >= 15 is 0 Å². The Bertz CT molecular complexity index is 446. The molecule has 0 bridgehead atoms. The number of fused-ring (bicyclic) bond motifs is 1. The van der Waals surface area contributed by atoms with E-state index in [1.54, 1.807) is 0 Å². The van der Waals surface area contributed by atoms with Crippen molar-refractivity contribution in [1.29, 1.82) is 0 Å². The molecule has 3 saturated heterocycles. The molecule has 0 amide bonds. The molecule has 4 heterocycles. The molecule has 4 nitrogen and oxygen atoms in total. The van der Waals surface area contributed by atoms with Gasteiger partial charge in [-0.25, -0.2) is 0 Å². The molecule has 0 aliphatic carbocycles. The lowest BCUT2D eigenvalue weighted by atomic mass is 10.1. The van der Waals surface area contributed by atoms with Gasteiger partial charge in [-0.1, -0.05) is 6.07 Å². The highest BCUT2D eigenvalue weighted by atomic mass is 16.5. The Hall–Kier alpha value is -0.970. The lowest BCUT2D eigenvalue weighted by Gasteiger charge is -2.29. The van der Waals surface area contributed by atoms with Crippen LogP contribution >= 0.6 is 0 Å². The van der Waals surface area contributed by atoms with Gasteiger partial charge in [-0.15, -0.1) is 0 Å². The van der Waals surface area contributed by atoms with Gasteiger partial charge in [-0.05, 0) is 30.9 Å². The highest BCUT2D eigenvalue weighted by Crippen LogP contribution is 2.35. The molecule has 3 atom stereocenters. The summed E-state index contributed by atoms with van der Waals surface area (Å²) in [5, 5.41) is 0.